The first-order valence-corrected chi connectivity index (χ1v) is 22.2. The number of esters is 2. The number of ether oxygens (including phenoxy) is 2. The van der Waals surface area contributed by atoms with Crippen molar-refractivity contribution in [2.75, 3.05) is 26.4 Å². The summed E-state index contributed by atoms with van der Waals surface area (Å²) in [5.74, 6) is -0.925. The van der Waals surface area contributed by atoms with Gasteiger partial charge in [0.1, 0.15) is 6.61 Å². The molecule has 0 saturated carbocycles. The van der Waals surface area contributed by atoms with Gasteiger partial charge < -0.3 is 20.1 Å². The number of hydrogen-bond acceptors (Lipinski definition) is 8. The van der Waals surface area contributed by atoms with E-state index in [0.717, 1.165) is 77.0 Å². The van der Waals surface area contributed by atoms with Crippen LogP contribution in [-0.4, -0.2) is 49.3 Å². The molecule has 312 valence electrons. The Balaban J connectivity index is 4.34. The number of carbonyl (C=O) groups excluding carboxylic acids is 2. The van der Waals surface area contributed by atoms with Crippen LogP contribution in [0.2, 0.25) is 0 Å². The van der Waals surface area contributed by atoms with Crippen LogP contribution in [0.25, 0.3) is 0 Å². The lowest BCUT2D eigenvalue weighted by Gasteiger charge is -2.19. The van der Waals surface area contributed by atoms with E-state index in [0.29, 0.717) is 12.8 Å². The van der Waals surface area contributed by atoms with Crippen molar-refractivity contribution in [3.05, 3.63) is 97.2 Å². The van der Waals surface area contributed by atoms with Gasteiger partial charge in [-0.15, -0.1) is 0 Å². The quantitative estimate of drug-likeness (QED) is 0.0273. The summed E-state index contributed by atoms with van der Waals surface area (Å²) in [6.45, 7) is 3.47. The third-order valence-electron chi connectivity index (χ3n) is 7.95. The molecule has 55 heavy (non-hydrogen) atoms. The zero-order valence-electron chi connectivity index (χ0n) is 34.1. The van der Waals surface area contributed by atoms with E-state index in [1.54, 1.807) is 0 Å². The Morgan fingerprint density at radius 3 is 1.49 bits per heavy atom. The van der Waals surface area contributed by atoms with Crippen molar-refractivity contribution in [1.29, 1.82) is 0 Å². The molecule has 0 aromatic rings. The van der Waals surface area contributed by atoms with Crippen molar-refractivity contribution in [2.24, 2.45) is 5.73 Å². The molecule has 0 spiro atoms. The summed E-state index contributed by atoms with van der Waals surface area (Å²) < 4.78 is 32.7. The number of allylic oxidation sites excluding steroid dienone is 16. The molecular formula is C45H74NO8P. The van der Waals surface area contributed by atoms with Gasteiger partial charge in [0.05, 0.1) is 13.2 Å². The molecule has 0 rings (SSSR count). The largest absolute Gasteiger partial charge is 0.472 e. The van der Waals surface area contributed by atoms with E-state index in [-0.39, 0.29) is 32.6 Å². The van der Waals surface area contributed by atoms with Crippen LogP contribution in [0.1, 0.15) is 142 Å². The summed E-state index contributed by atoms with van der Waals surface area (Å²) in [5.41, 5.74) is 5.34. The number of phosphoric acid groups is 1. The second kappa shape index (κ2) is 40.6. The molecule has 0 fully saturated rings. The Kier molecular flexibility index (Phi) is 38.3. The topological polar surface area (TPSA) is 134 Å². The van der Waals surface area contributed by atoms with Gasteiger partial charge in [0, 0.05) is 19.4 Å². The average Bonchev–Trinajstić information content (AvgIpc) is 3.17. The van der Waals surface area contributed by atoms with Gasteiger partial charge in [-0.3, -0.25) is 18.6 Å². The van der Waals surface area contributed by atoms with Crippen LogP contribution in [0.3, 0.4) is 0 Å². The Labute approximate surface area is 334 Å². The van der Waals surface area contributed by atoms with Crippen LogP contribution in [0.4, 0.5) is 0 Å². The van der Waals surface area contributed by atoms with Crippen LogP contribution in [0.15, 0.2) is 97.2 Å². The van der Waals surface area contributed by atoms with E-state index in [4.69, 9.17) is 24.3 Å². The smallest absolute Gasteiger partial charge is 0.462 e. The monoisotopic (exact) mass is 788 g/mol. The number of carbonyl (C=O) groups is 2. The van der Waals surface area contributed by atoms with E-state index in [1.165, 1.54) is 25.7 Å². The molecule has 10 heteroatoms. The molecule has 0 saturated heterocycles. The van der Waals surface area contributed by atoms with E-state index < -0.39 is 32.5 Å². The van der Waals surface area contributed by atoms with Crippen LogP contribution in [0.5, 0.6) is 0 Å². The van der Waals surface area contributed by atoms with Crippen LogP contribution in [0, 0.1) is 0 Å². The summed E-state index contributed by atoms with van der Waals surface area (Å²) >= 11 is 0. The van der Waals surface area contributed by atoms with Gasteiger partial charge in [-0.05, 0) is 96.3 Å². The van der Waals surface area contributed by atoms with Crippen molar-refractivity contribution in [3.63, 3.8) is 0 Å². The average molecular weight is 788 g/mol. The highest BCUT2D eigenvalue weighted by molar-refractivity contribution is 7.47. The highest BCUT2D eigenvalue weighted by Gasteiger charge is 2.25. The molecular weight excluding hydrogens is 713 g/mol. The van der Waals surface area contributed by atoms with E-state index in [1.807, 2.05) is 0 Å². The molecule has 0 aliphatic rings. The lowest BCUT2D eigenvalue weighted by atomic mass is 10.1. The summed E-state index contributed by atoms with van der Waals surface area (Å²) in [4.78, 5) is 34.8. The van der Waals surface area contributed by atoms with Crippen molar-refractivity contribution >= 4 is 19.8 Å². The molecule has 0 amide bonds. The zero-order chi connectivity index (χ0) is 40.3. The minimum Gasteiger partial charge on any atom is -0.462 e. The number of rotatable bonds is 37. The number of phosphoric ester groups is 1. The van der Waals surface area contributed by atoms with E-state index in [2.05, 4.69) is 111 Å². The normalized spacial score (nSPS) is 14.3. The SMILES string of the molecule is CCC=CCC=CCC=CCC=CCCCCC(=O)OCC(COP(=O)(O)OCCN)OC(=O)CCCCCC=CCC=CCC=CCC=CCCCCC. The lowest BCUT2D eigenvalue weighted by Crippen LogP contribution is -2.29. The Bertz CT molecular complexity index is 1220. The molecule has 0 heterocycles. The van der Waals surface area contributed by atoms with Gasteiger partial charge in [-0.2, -0.15) is 0 Å². The Hall–Kier alpha value is -3.07. The maximum atomic E-state index is 12.6. The second-order valence-electron chi connectivity index (χ2n) is 13.1. The Morgan fingerprint density at radius 2 is 1.00 bits per heavy atom. The fraction of sp³-hybridized carbons (Fsp3) is 0.600. The van der Waals surface area contributed by atoms with Crippen LogP contribution in [-0.2, 0) is 32.7 Å². The highest BCUT2D eigenvalue weighted by atomic mass is 31.2. The minimum absolute atomic E-state index is 0.0363. The molecule has 2 atom stereocenters. The molecule has 2 unspecified atom stereocenters. The van der Waals surface area contributed by atoms with Crippen molar-refractivity contribution in [2.45, 2.75) is 148 Å². The van der Waals surface area contributed by atoms with Crippen molar-refractivity contribution < 1.29 is 37.6 Å². The van der Waals surface area contributed by atoms with Gasteiger partial charge in [-0.25, -0.2) is 4.57 Å². The summed E-state index contributed by atoms with van der Waals surface area (Å²) in [7, 11) is -4.40. The van der Waals surface area contributed by atoms with Gasteiger partial charge in [0.2, 0.25) is 0 Å². The summed E-state index contributed by atoms with van der Waals surface area (Å²) in [6.07, 6.45) is 51.5. The zero-order valence-corrected chi connectivity index (χ0v) is 35.0. The van der Waals surface area contributed by atoms with Crippen LogP contribution < -0.4 is 5.73 Å². The minimum atomic E-state index is -4.40. The third kappa shape index (κ3) is 40.4. The van der Waals surface area contributed by atoms with E-state index in [9.17, 15) is 19.0 Å². The fourth-order valence-electron chi connectivity index (χ4n) is 4.90. The maximum absolute atomic E-state index is 12.6. The first kappa shape index (κ1) is 51.9. The first-order chi connectivity index (χ1) is 26.8. The standard InChI is InChI=1S/C45H74NO8P/c1-3-5-7-9-11-13-15-17-19-20-21-22-24-26-28-30-32-34-36-38-45(48)54-43(42-53-55(49,50)52-40-39-46)41-51-44(47)37-35-33-31-29-27-25-23-18-16-14-12-10-8-6-4-2/h6,8,11-14,17-19,21-23,26-29,43H,3-5,7,9-10,15-16,20,24-25,30-42,46H2,1-2H3,(H,49,50). The molecule has 0 aromatic heterocycles. The molecule has 9 nitrogen and oxygen atoms in total. The third-order valence-corrected chi connectivity index (χ3v) is 8.94. The van der Waals surface area contributed by atoms with Gasteiger partial charge >= 0.3 is 19.8 Å². The highest BCUT2D eigenvalue weighted by Crippen LogP contribution is 2.43. The van der Waals surface area contributed by atoms with Crippen molar-refractivity contribution in [3.8, 4) is 0 Å². The first-order valence-electron chi connectivity index (χ1n) is 20.7. The predicted molar refractivity (Wildman–Crippen MR) is 228 cm³/mol. The van der Waals surface area contributed by atoms with E-state index >= 15 is 0 Å². The Morgan fingerprint density at radius 1 is 0.564 bits per heavy atom. The van der Waals surface area contributed by atoms with Gasteiger partial charge in [0.25, 0.3) is 0 Å². The molecule has 0 aromatic carbocycles. The summed E-state index contributed by atoms with van der Waals surface area (Å²) in [5, 5.41) is 0. The van der Waals surface area contributed by atoms with Gasteiger partial charge in [-0.1, -0.05) is 130 Å². The van der Waals surface area contributed by atoms with Crippen LogP contribution >= 0.6 is 7.82 Å². The predicted octanol–water partition coefficient (Wildman–Crippen LogP) is 11.8. The second-order valence-corrected chi connectivity index (χ2v) is 14.6. The maximum Gasteiger partial charge on any atom is 0.472 e. The fourth-order valence-corrected chi connectivity index (χ4v) is 5.67. The molecule has 0 aliphatic carbocycles. The molecule has 3 N–H and O–H groups in total. The summed E-state index contributed by atoms with van der Waals surface area (Å²) in [6, 6.07) is 0. The number of hydrogen-bond donors (Lipinski definition) is 2. The van der Waals surface area contributed by atoms with Gasteiger partial charge in [0.15, 0.2) is 6.10 Å². The van der Waals surface area contributed by atoms with Crippen molar-refractivity contribution in [1.82, 2.24) is 0 Å². The molecule has 0 radical (unpaired) electrons. The lowest BCUT2D eigenvalue weighted by molar-refractivity contribution is -0.161. The number of unbranched alkanes of at least 4 members (excludes halogenated alkanes) is 8. The molecule has 0 bridgehead atoms. The molecule has 0 aliphatic heterocycles. The number of nitrogens with two attached hydrogens (primary N) is 1.